The summed E-state index contributed by atoms with van der Waals surface area (Å²) in [6.45, 7) is 2.13. The topological polar surface area (TPSA) is 26.3 Å². The van der Waals surface area contributed by atoms with Gasteiger partial charge in [0.2, 0.25) is 5.78 Å². The molecule has 0 unspecified atom stereocenters. The molecule has 0 aliphatic heterocycles. The molecule has 1 heterocycles. The summed E-state index contributed by atoms with van der Waals surface area (Å²) in [6.07, 6.45) is 4.83. The number of rotatable bonds is 4. The molecule has 0 spiro atoms. The van der Waals surface area contributed by atoms with Crippen LogP contribution in [0.5, 0.6) is 5.75 Å². The highest BCUT2D eigenvalue weighted by Crippen LogP contribution is 2.25. The van der Waals surface area contributed by atoms with E-state index in [1.165, 1.54) is 41.7 Å². The number of fused-ring (bicyclic) bond motifs is 1. The lowest BCUT2D eigenvalue weighted by atomic mass is 9.92. The van der Waals surface area contributed by atoms with E-state index in [-0.39, 0.29) is 12.4 Å². The lowest BCUT2D eigenvalue weighted by Gasteiger charge is -2.16. The Kier molecular flexibility index (Phi) is 3.88. The predicted octanol–water partition coefficient (Wildman–Crippen LogP) is 4.20. The maximum Gasteiger partial charge on any atom is 0.210 e. The molecule has 3 rings (SSSR count). The first-order valence-corrected chi connectivity index (χ1v) is 7.88. The molecule has 0 fully saturated rings. The number of hydrogen-bond acceptors (Lipinski definition) is 3. The smallest absolute Gasteiger partial charge is 0.210 e. The highest BCUT2D eigenvalue weighted by Gasteiger charge is 2.12. The second-order valence-electron chi connectivity index (χ2n) is 5.26. The third-order valence-electron chi connectivity index (χ3n) is 3.71. The summed E-state index contributed by atoms with van der Waals surface area (Å²) in [7, 11) is 0. The molecule has 0 N–H and O–H groups in total. The minimum Gasteiger partial charge on any atom is -0.485 e. The molecule has 2 aromatic rings. The Hall–Kier alpha value is -1.61. The fraction of sp³-hybridized carbons (Fsp3) is 0.353. The Labute approximate surface area is 123 Å². The fourth-order valence-corrected chi connectivity index (χ4v) is 3.40. The van der Waals surface area contributed by atoms with E-state index in [0.717, 1.165) is 21.9 Å². The first-order chi connectivity index (χ1) is 9.72. The van der Waals surface area contributed by atoms with Crippen molar-refractivity contribution in [2.75, 3.05) is 6.61 Å². The van der Waals surface area contributed by atoms with Crippen LogP contribution in [0.25, 0.3) is 0 Å². The normalized spacial score (nSPS) is 13.8. The number of carbonyl (C=O) groups is 1. The Balaban J connectivity index is 1.65. The van der Waals surface area contributed by atoms with E-state index in [0.29, 0.717) is 0 Å². The van der Waals surface area contributed by atoms with Crippen LogP contribution in [0.2, 0.25) is 0 Å². The van der Waals surface area contributed by atoms with Crippen molar-refractivity contribution in [2.45, 2.75) is 32.6 Å². The van der Waals surface area contributed by atoms with Crippen LogP contribution in [0.1, 0.15) is 38.5 Å². The molecule has 0 amide bonds. The third-order valence-corrected chi connectivity index (χ3v) is 4.75. The average Bonchev–Trinajstić information content (AvgIpc) is 2.91. The molecule has 1 aliphatic rings. The van der Waals surface area contributed by atoms with Crippen molar-refractivity contribution >= 4 is 17.1 Å². The van der Waals surface area contributed by atoms with E-state index in [1.807, 2.05) is 25.1 Å². The van der Waals surface area contributed by atoms with Crippen molar-refractivity contribution in [3.63, 3.8) is 0 Å². The molecular weight excluding hydrogens is 268 g/mol. The van der Waals surface area contributed by atoms with Crippen LogP contribution in [0.3, 0.4) is 0 Å². The summed E-state index contributed by atoms with van der Waals surface area (Å²) in [5.41, 5.74) is 2.82. The quantitative estimate of drug-likeness (QED) is 0.787. The first kappa shape index (κ1) is 13.4. The largest absolute Gasteiger partial charge is 0.485 e. The number of carbonyl (C=O) groups excluding carboxylic acids is 1. The lowest BCUT2D eigenvalue weighted by molar-refractivity contribution is 0.0925. The van der Waals surface area contributed by atoms with Crippen LogP contribution in [0.4, 0.5) is 0 Å². The van der Waals surface area contributed by atoms with Crippen molar-refractivity contribution in [3.8, 4) is 5.75 Å². The van der Waals surface area contributed by atoms with Crippen LogP contribution >= 0.6 is 11.3 Å². The Morgan fingerprint density at radius 1 is 1.15 bits per heavy atom. The second-order valence-corrected chi connectivity index (χ2v) is 6.55. The number of aryl methyl sites for hydroxylation is 3. The van der Waals surface area contributed by atoms with Gasteiger partial charge in [0.25, 0.3) is 0 Å². The number of Topliss-reactive ketones (excluding diaryl/α,β-unsaturated/α-hetero) is 1. The Bertz CT molecular complexity index is 628. The molecule has 0 bridgehead atoms. The van der Waals surface area contributed by atoms with E-state index in [4.69, 9.17) is 4.74 Å². The molecule has 1 aromatic carbocycles. The van der Waals surface area contributed by atoms with Crippen molar-refractivity contribution in [3.05, 3.63) is 51.2 Å². The van der Waals surface area contributed by atoms with Crippen LogP contribution in [-0.4, -0.2) is 12.4 Å². The summed E-state index contributed by atoms with van der Waals surface area (Å²) in [5.74, 6) is 0.869. The first-order valence-electron chi connectivity index (χ1n) is 7.06. The van der Waals surface area contributed by atoms with Gasteiger partial charge in [0.1, 0.15) is 5.75 Å². The maximum absolute atomic E-state index is 12.0. The molecule has 20 heavy (non-hydrogen) atoms. The molecule has 2 nitrogen and oxygen atoms in total. The highest BCUT2D eigenvalue weighted by molar-refractivity contribution is 7.14. The Morgan fingerprint density at radius 2 is 1.95 bits per heavy atom. The number of hydrogen-bond donors (Lipinski definition) is 0. The summed E-state index contributed by atoms with van der Waals surface area (Å²) < 4.78 is 5.65. The zero-order valence-electron chi connectivity index (χ0n) is 11.6. The van der Waals surface area contributed by atoms with E-state index in [9.17, 15) is 4.79 Å². The van der Waals surface area contributed by atoms with Gasteiger partial charge in [-0.05, 0) is 68.0 Å². The van der Waals surface area contributed by atoms with Crippen molar-refractivity contribution in [1.29, 1.82) is 0 Å². The van der Waals surface area contributed by atoms with E-state index < -0.39 is 0 Å². The summed E-state index contributed by atoms with van der Waals surface area (Å²) in [6, 6.07) is 10.1. The average molecular weight is 286 g/mol. The van der Waals surface area contributed by atoms with Gasteiger partial charge < -0.3 is 4.74 Å². The van der Waals surface area contributed by atoms with Gasteiger partial charge in [-0.2, -0.15) is 0 Å². The zero-order valence-corrected chi connectivity index (χ0v) is 12.5. The molecule has 1 aliphatic carbocycles. The molecule has 1 aromatic heterocycles. The SMILES string of the molecule is Cc1ccc(C(=O)COc2ccc3c(c2)CCCC3)s1. The minimum absolute atomic E-state index is 0.0563. The highest BCUT2D eigenvalue weighted by atomic mass is 32.1. The second kappa shape index (κ2) is 5.80. The van der Waals surface area contributed by atoms with Crippen molar-refractivity contribution in [1.82, 2.24) is 0 Å². The number of thiophene rings is 1. The van der Waals surface area contributed by atoms with E-state index in [1.54, 1.807) is 0 Å². The summed E-state index contributed by atoms with van der Waals surface area (Å²) in [4.78, 5) is 13.9. The number of ketones is 1. The summed E-state index contributed by atoms with van der Waals surface area (Å²) in [5, 5.41) is 0. The van der Waals surface area contributed by atoms with Gasteiger partial charge in [0, 0.05) is 4.88 Å². The predicted molar refractivity (Wildman–Crippen MR) is 82.0 cm³/mol. The van der Waals surface area contributed by atoms with Gasteiger partial charge in [-0.15, -0.1) is 11.3 Å². The van der Waals surface area contributed by atoms with Gasteiger partial charge in [-0.3, -0.25) is 4.79 Å². The third kappa shape index (κ3) is 2.93. The molecule has 0 radical (unpaired) electrons. The van der Waals surface area contributed by atoms with Gasteiger partial charge in [0.05, 0.1) is 4.88 Å². The lowest BCUT2D eigenvalue weighted by Crippen LogP contribution is -2.11. The molecule has 104 valence electrons. The minimum atomic E-state index is 0.0563. The van der Waals surface area contributed by atoms with Gasteiger partial charge in [-0.1, -0.05) is 6.07 Å². The summed E-state index contributed by atoms with van der Waals surface area (Å²) >= 11 is 1.52. The van der Waals surface area contributed by atoms with Crippen LogP contribution in [0, 0.1) is 6.92 Å². The monoisotopic (exact) mass is 286 g/mol. The molecule has 0 saturated heterocycles. The van der Waals surface area contributed by atoms with Gasteiger partial charge in [-0.25, -0.2) is 0 Å². The van der Waals surface area contributed by atoms with E-state index in [2.05, 4.69) is 12.1 Å². The fourth-order valence-electron chi connectivity index (χ4n) is 2.60. The Morgan fingerprint density at radius 3 is 2.70 bits per heavy atom. The maximum atomic E-state index is 12.0. The van der Waals surface area contributed by atoms with Crippen molar-refractivity contribution < 1.29 is 9.53 Å². The number of benzene rings is 1. The molecule has 0 atom stereocenters. The van der Waals surface area contributed by atoms with Gasteiger partial charge >= 0.3 is 0 Å². The number of ether oxygens (including phenoxy) is 1. The van der Waals surface area contributed by atoms with Crippen LogP contribution < -0.4 is 4.74 Å². The zero-order chi connectivity index (χ0) is 13.9. The molecule has 0 saturated carbocycles. The van der Waals surface area contributed by atoms with Gasteiger partial charge in [0.15, 0.2) is 6.61 Å². The van der Waals surface area contributed by atoms with Crippen molar-refractivity contribution in [2.24, 2.45) is 0 Å². The van der Waals surface area contributed by atoms with Crippen LogP contribution in [-0.2, 0) is 12.8 Å². The molecular formula is C17H18O2S. The standard InChI is InChI=1S/C17H18O2S/c1-12-6-9-17(20-12)16(18)11-19-15-8-7-13-4-2-3-5-14(13)10-15/h6-10H,2-5,11H2,1H3. The molecule has 3 heteroatoms. The van der Waals surface area contributed by atoms with Crippen LogP contribution in [0.15, 0.2) is 30.3 Å². The van der Waals surface area contributed by atoms with E-state index >= 15 is 0 Å².